The van der Waals surface area contributed by atoms with E-state index in [1.165, 1.54) is 17.5 Å². The molecule has 1 aliphatic carbocycles. The van der Waals surface area contributed by atoms with Gasteiger partial charge in [-0.1, -0.05) is 12.1 Å². The number of hydrogen-bond acceptors (Lipinski definition) is 5. The van der Waals surface area contributed by atoms with Gasteiger partial charge in [0.05, 0.1) is 23.9 Å². The molecule has 28 heavy (non-hydrogen) atoms. The summed E-state index contributed by atoms with van der Waals surface area (Å²) < 4.78 is 5.32. The highest BCUT2D eigenvalue weighted by Gasteiger charge is 2.28. The number of ether oxygens (including phenoxy) is 1. The van der Waals surface area contributed by atoms with Gasteiger partial charge in [-0.25, -0.2) is 0 Å². The van der Waals surface area contributed by atoms with E-state index in [2.05, 4.69) is 15.6 Å². The molecule has 142 valence electrons. The molecule has 0 radical (unpaired) electrons. The van der Waals surface area contributed by atoms with Crippen molar-refractivity contribution in [1.82, 2.24) is 4.98 Å². The number of thiophene rings is 1. The first kappa shape index (κ1) is 18.2. The highest BCUT2D eigenvalue weighted by atomic mass is 32.1. The number of aromatic nitrogens is 1. The summed E-state index contributed by atoms with van der Waals surface area (Å²) in [5, 5.41) is 6.40. The van der Waals surface area contributed by atoms with Gasteiger partial charge in [-0.15, -0.1) is 11.3 Å². The van der Waals surface area contributed by atoms with Crippen LogP contribution in [0.25, 0.3) is 0 Å². The monoisotopic (exact) mass is 393 g/mol. The molecule has 1 aromatic carbocycles. The highest BCUT2D eigenvalue weighted by molar-refractivity contribution is 7.17. The number of para-hydroxylation sites is 2. The molecule has 6 nitrogen and oxygen atoms in total. The van der Waals surface area contributed by atoms with Crippen LogP contribution in [0.15, 0.2) is 48.8 Å². The maximum absolute atomic E-state index is 13.1. The van der Waals surface area contributed by atoms with Crippen LogP contribution in [-0.2, 0) is 12.8 Å². The molecule has 0 atom stereocenters. The normalized spacial score (nSPS) is 12.3. The number of carbonyl (C=O) groups is 2. The van der Waals surface area contributed by atoms with Crippen molar-refractivity contribution in [3.05, 3.63) is 70.4 Å². The average Bonchev–Trinajstić information content (AvgIpc) is 3.29. The Balaban J connectivity index is 1.64. The van der Waals surface area contributed by atoms with Gasteiger partial charge in [-0.2, -0.15) is 0 Å². The molecule has 0 bridgehead atoms. The predicted molar refractivity (Wildman–Crippen MR) is 109 cm³/mol. The molecule has 0 fully saturated rings. The Labute approximate surface area is 166 Å². The zero-order valence-electron chi connectivity index (χ0n) is 15.3. The molecule has 1 aliphatic rings. The Hall–Kier alpha value is -3.19. The SMILES string of the molecule is COc1ccccc1NC(=O)c1c(NC(=O)c2cccnc2)sc2c1CCC2. The summed E-state index contributed by atoms with van der Waals surface area (Å²) in [6.07, 6.45) is 5.90. The number of benzene rings is 1. The minimum atomic E-state index is -0.278. The smallest absolute Gasteiger partial charge is 0.259 e. The lowest BCUT2D eigenvalue weighted by atomic mass is 10.1. The third kappa shape index (κ3) is 3.48. The predicted octanol–water partition coefficient (Wildman–Crippen LogP) is 4.15. The Kier molecular flexibility index (Phi) is 5.08. The quantitative estimate of drug-likeness (QED) is 0.683. The largest absolute Gasteiger partial charge is 0.495 e. The second-order valence-corrected chi connectivity index (χ2v) is 7.52. The van der Waals surface area contributed by atoms with E-state index < -0.39 is 0 Å². The van der Waals surface area contributed by atoms with E-state index in [1.54, 1.807) is 37.6 Å². The van der Waals surface area contributed by atoms with Gasteiger partial charge in [0.2, 0.25) is 0 Å². The minimum Gasteiger partial charge on any atom is -0.495 e. The first-order valence-electron chi connectivity index (χ1n) is 8.97. The van der Waals surface area contributed by atoms with Crippen LogP contribution in [-0.4, -0.2) is 23.9 Å². The van der Waals surface area contributed by atoms with E-state index in [0.717, 1.165) is 29.7 Å². The van der Waals surface area contributed by atoms with Crippen LogP contribution < -0.4 is 15.4 Å². The molecule has 4 rings (SSSR count). The molecule has 3 aromatic rings. The van der Waals surface area contributed by atoms with E-state index >= 15 is 0 Å². The van der Waals surface area contributed by atoms with Crippen molar-refractivity contribution in [1.29, 1.82) is 0 Å². The van der Waals surface area contributed by atoms with Crippen molar-refractivity contribution in [2.75, 3.05) is 17.7 Å². The van der Waals surface area contributed by atoms with Gasteiger partial charge in [0.15, 0.2) is 0 Å². The number of carbonyl (C=O) groups excluding carboxylic acids is 2. The lowest BCUT2D eigenvalue weighted by Gasteiger charge is -2.12. The number of hydrogen-bond donors (Lipinski definition) is 2. The van der Waals surface area contributed by atoms with Crippen LogP contribution in [0.4, 0.5) is 10.7 Å². The van der Waals surface area contributed by atoms with E-state index in [9.17, 15) is 9.59 Å². The summed E-state index contributed by atoms with van der Waals surface area (Å²) in [5.74, 6) is 0.0634. The van der Waals surface area contributed by atoms with Crippen LogP contribution in [0.5, 0.6) is 5.75 Å². The summed E-state index contributed by atoms with van der Waals surface area (Å²) in [6.45, 7) is 0. The van der Waals surface area contributed by atoms with Gasteiger partial charge in [0, 0.05) is 17.3 Å². The summed E-state index contributed by atoms with van der Waals surface area (Å²) in [4.78, 5) is 30.8. The van der Waals surface area contributed by atoms with Crippen molar-refractivity contribution in [3.8, 4) is 5.75 Å². The van der Waals surface area contributed by atoms with Crippen LogP contribution >= 0.6 is 11.3 Å². The van der Waals surface area contributed by atoms with Gasteiger partial charge in [-0.3, -0.25) is 14.6 Å². The summed E-state index contributed by atoms with van der Waals surface area (Å²) >= 11 is 1.48. The van der Waals surface area contributed by atoms with E-state index in [-0.39, 0.29) is 11.8 Å². The molecule has 0 unspecified atom stereocenters. The molecular weight excluding hydrogens is 374 g/mol. The first-order valence-corrected chi connectivity index (χ1v) is 9.79. The van der Waals surface area contributed by atoms with Crippen LogP contribution in [0, 0.1) is 0 Å². The molecular formula is C21H19N3O3S. The van der Waals surface area contributed by atoms with Crippen molar-refractivity contribution in [2.45, 2.75) is 19.3 Å². The van der Waals surface area contributed by atoms with Crippen LogP contribution in [0.1, 0.15) is 37.6 Å². The van der Waals surface area contributed by atoms with Gasteiger partial charge >= 0.3 is 0 Å². The lowest BCUT2D eigenvalue weighted by Crippen LogP contribution is -2.18. The van der Waals surface area contributed by atoms with Gasteiger partial charge in [0.1, 0.15) is 10.8 Å². The van der Waals surface area contributed by atoms with Gasteiger partial charge < -0.3 is 15.4 Å². The van der Waals surface area contributed by atoms with Crippen LogP contribution in [0.3, 0.4) is 0 Å². The highest BCUT2D eigenvalue weighted by Crippen LogP contribution is 2.40. The van der Waals surface area contributed by atoms with E-state index in [4.69, 9.17) is 4.74 Å². The summed E-state index contributed by atoms with van der Waals surface area (Å²) in [6, 6.07) is 10.7. The zero-order chi connectivity index (χ0) is 19.5. The number of pyridine rings is 1. The molecule has 2 aromatic heterocycles. The maximum atomic E-state index is 13.1. The Morgan fingerprint density at radius 1 is 1.07 bits per heavy atom. The second-order valence-electron chi connectivity index (χ2n) is 6.41. The molecule has 0 aliphatic heterocycles. The number of anilines is 2. The third-order valence-electron chi connectivity index (χ3n) is 4.65. The zero-order valence-corrected chi connectivity index (χ0v) is 16.1. The molecule has 2 heterocycles. The molecule has 7 heteroatoms. The van der Waals surface area contributed by atoms with Crippen molar-refractivity contribution in [2.24, 2.45) is 0 Å². The fourth-order valence-electron chi connectivity index (χ4n) is 3.34. The van der Waals surface area contributed by atoms with Crippen molar-refractivity contribution < 1.29 is 14.3 Å². The number of methoxy groups -OCH3 is 1. The van der Waals surface area contributed by atoms with E-state index in [1.807, 2.05) is 12.1 Å². The van der Waals surface area contributed by atoms with Crippen molar-refractivity contribution in [3.63, 3.8) is 0 Å². The first-order chi connectivity index (χ1) is 13.7. The molecule has 0 saturated carbocycles. The standard InChI is InChI=1S/C21H19N3O3S/c1-27-16-9-3-2-8-15(16)23-20(26)18-14-7-4-10-17(14)28-21(18)24-19(25)13-6-5-11-22-12-13/h2-3,5-6,8-9,11-12H,4,7,10H2,1H3,(H,23,26)(H,24,25). The number of nitrogens with zero attached hydrogens (tertiary/aromatic N) is 1. The Bertz CT molecular complexity index is 1030. The number of fused-ring (bicyclic) bond motifs is 1. The Morgan fingerprint density at radius 2 is 1.93 bits per heavy atom. The number of aryl methyl sites for hydroxylation is 1. The van der Waals surface area contributed by atoms with E-state index in [0.29, 0.717) is 27.6 Å². The average molecular weight is 393 g/mol. The molecule has 2 amide bonds. The van der Waals surface area contributed by atoms with Gasteiger partial charge in [0.25, 0.3) is 11.8 Å². The summed E-state index contributed by atoms with van der Waals surface area (Å²) in [5.41, 5.74) is 2.61. The topological polar surface area (TPSA) is 80.3 Å². The number of amides is 2. The number of rotatable bonds is 5. The lowest BCUT2D eigenvalue weighted by molar-refractivity contribution is 0.102. The fourth-order valence-corrected chi connectivity index (χ4v) is 4.62. The molecule has 0 saturated heterocycles. The number of nitrogens with one attached hydrogen (secondary N) is 2. The third-order valence-corrected chi connectivity index (χ3v) is 5.86. The molecule has 0 spiro atoms. The molecule has 2 N–H and O–H groups in total. The Morgan fingerprint density at radius 3 is 2.71 bits per heavy atom. The van der Waals surface area contributed by atoms with Crippen LogP contribution in [0.2, 0.25) is 0 Å². The minimum absolute atomic E-state index is 0.245. The second kappa shape index (κ2) is 7.82. The van der Waals surface area contributed by atoms with Crippen molar-refractivity contribution >= 4 is 33.8 Å². The maximum Gasteiger partial charge on any atom is 0.259 e. The summed E-state index contributed by atoms with van der Waals surface area (Å²) in [7, 11) is 1.56. The fraction of sp³-hybridized carbons (Fsp3) is 0.190. The van der Waals surface area contributed by atoms with Gasteiger partial charge in [-0.05, 0) is 49.1 Å².